The molecule has 1 aromatic heterocycles. The second-order valence-electron chi connectivity index (χ2n) is 7.44. The molecule has 0 saturated carbocycles. The van der Waals surface area contributed by atoms with Gasteiger partial charge in [0, 0.05) is 17.3 Å². The number of sulfonamides is 1. The summed E-state index contributed by atoms with van der Waals surface area (Å²) in [5.41, 5.74) is 0.833. The lowest BCUT2D eigenvalue weighted by atomic mass is 10.2. The first-order chi connectivity index (χ1) is 16.9. The molecule has 4 rings (SSSR count). The summed E-state index contributed by atoms with van der Waals surface area (Å²) in [6, 6.07) is 23.4. The highest BCUT2D eigenvalue weighted by molar-refractivity contribution is 7.92. The van der Waals surface area contributed by atoms with Crippen LogP contribution in [0, 0.1) is 6.92 Å². The third-order valence-electron chi connectivity index (χ3n) is 4.75. The highest BCUT2D eigenvalue weighted by atomic mass is 32.2. The molecule has 4 aromatic rings. The number of carbonyl (C=O) groups is 1. The van der Waals surface area contributed by atoms with E-state index < -0.39 is 10.0 Å². The Morgan fingerprint density at radius 3 is 2.26 bits per heavy atom. The smallest absolute Gasteiger partial charge is 0.263 e. The van der Waals surface area contributed by atoms with E-state index in [0.717, 1.165) is 5.75 Å². The Morgan fingerprint density at radius 1 is 0.886 bits per heavy atom. The summed E-state index contributed by atoms with van der Waals surface area (Å²) in [5, 5.41) is 6.37. The van der Waals surface area contributed by atoms with Crippen LogP contribution >= 0.6 is 0 Å². The molecular weight excluding hydrogens is 470 g/mol. The monoisotopic (exact) mass is 493 g/mol. The average molecular weight is 494 g/mol. The fourth-order valence-electron chi connectivity index (χ4n) is 3.09. The average Bonchev–Trinajstić information content (AvgIpc) is 3.26. The van der Waals surface area contributed by atoms with Crippen molar-refractivity contribution in [3.8, 4) is 11.5 Å². The van der Waals surface area contributed by atoms with Crippen LogP contribution in [-0.4, -0.2) is 32.7 Å². The highest BCUT2D eigenvalue weighted by Gasteiger charge is 2.16. The number of hydrogen-bond donors (Lipinski definition) is 2. The third kappa shape index (κ3) is 6.61. The maximum atomic E-state index is 12.7. The van der Waals surface area contributed by atoms with Gasteiger partial charge in [-0.15, -0.1) is 0 Å². The quantitative estimate of drug-likeness (QED) is 0.312. The van der Waals surface area contributed by atoms with Gasteiger partial charge in [-0.1, -0.05) is 29.4 Å². The Kier molecular flexibility index (Phi) is 7.32. The van der Waals surface area contributed by atoms with Crippen molar-refractivity contribution in [3.63, 3.8) is 0 Å². The molecule has 1 heterocycles. The van der Waals surface area contributed by atoms with Crippen molar-refractivity contribution in [2.75, 3.05) is 23.3 Å². The Morgan fingerprint density at radius 2 is 1.57 bits per heavy atom. The highest BCUT2D eigenvalue weighted by Crippen LogP contribution is 2.20. The number of aromatic nitrogens is 1. The number of benzene rings is 3. The maximum absolute atomic E-state index is 12.7. The molecular formula is C25H23N3O6S. The molecule has 9 nitrogen and oxygen atoms in total. The van der Waals surface area contributed by atoms with E-state index in [4.69, 9.17) is 14.0 Å². The number of nitrogens with one attached hydrogen (secondary N) is 2. The molecule has 0 saturated heterocycles. The zero-order valence-electron chi connectivity index (χ0n) is 18.8. The zero-order chi connectivity index (χ0) is 24.7. The Balaban J connectivity index is 1.32. The lowest BCUT2D eigenvalue weighted by Crippen LogP contribution is -2.14. The number of para-hydroxylation sites is 1. The number of anilines is 2. The number of aryl methyl sites for hydroxylation is 1. The molecule has 0 aliphatic heterocycles. The molecule has 0 fully saturated rings. The fraction of sp³-hybridized carbons (Fsp3) is 0.120. The van der Waals surface area contributed by atoms with Crippen LogP contribution in [0.2, 0.25) is 0 Å². The molecule has 0 aliphatic carbocycles. The Hall–Kier alpha value is -4.31. The van der Waals surface area contributed by atoms with Crippen LogP contribution < -0.4 is 19.5 Å². The summed E-state index contributed by atoms with van der Waals surface area (Å²) in [5.74, 6) is 1.50. The standard InChI is InChI=1S/C25H23N3O6S/c1-18-16-24(27-34-18)28-35(30,31)23-12-10-20(11-13-23)26-25(29)19-6-5-9-22(17-19)33-15-14-32-21-7-3-2-4-8-21/h2-13,16-17H,14-15H2,1H3,(H,26,29)(H,27,28). The largest absolute Gasteiger partial charge is 0.490 e. The molecule has 10 heteroatoms. The predicted octanol–water partition coefficient (Wildman–Crippen LogP) is 4.49. The maximum Gasteiger partial charge on any atom is 0.263 e. The lowest BCUT2D eigenvalue weighted by Gasteiger charge is -2.10. The topological polar surface area (TPSA) is 120 Å². The second-order valence-corrected chi connectivity index (χ2v) is 9.13. The van der Waals surface area contributed by atoms with Crippen molar-refractivity contribution in [3.05, 3.63) is 96.3 Å². The second kappa shape index (κ2) is 10.7. The van der Waals surface area contributed by atoms with Crippen molar-refractivity contribution < 1.29 is 27.2 Å². The van der Waals surface area contributed by atoms with Gasteiger partial charge in [0.15, 0.2) is 5.82 Å². The first-order valence-electron chi connectivity index (χ1n) is 10.7. The van der Waals surface area contributed by atoms with E-state index in [-0.39, 0.29) is 16.6 Å². The normalized spacial score (nSPS) is 11.0. The summed E-state index contributed by atoms with van der Waals surface area (Å²) >= 11 is 0. The van der Waals surface area contributed by atoms with Crippen LogP contribution in [0.25, 0.3) is 0 Å². The number of hydrogen-bond acceptors (Lipinski definition) is 7. The summed E-state index contributed by atoms with van der Waals surface area (Å²) < 4.78 is 43.5. The van der Waals surface area contributed by atoms with E-state index in [9.17, 15) is 13.2 Å². The minimum Gasteiger partial charge on any atom is -0.490 e. The number of nitrogens with zero attached hydrogens (tertiary/aromatic N) is 1. The van der Waals surface area contributed by atoms with Crippen molar-refractivity contribution >= 4 is 27.4 Å². The van der Waals surface area contributed by atoms with Gasteiger partial charge in [0.25, 0.3) is 15.9 Å². The van der Waals surface area contributed by atoms with Gasteiger partial charge in [-0.25, -0.2) is 8.42 Å². The zero-order valence-corrected chi connectivity index (χ0v) is 19.6. The van der Waals surface area contributed by atoms with E-state index in [0.29, 0.717) is 36.0 Å². The van der Waals surface area contributed by atoms with E-state index >= 15 is 0 Å². The van der Waals surface area contributed by atoms with E-state index in [2.05, 4.69) is 15.2 Å². The van der Waals surface area contributed by atoms with E-state index in [1.165, 1.54) is 30.3 Å². The summed E-state index contributed by atoms with van der Waals surface area (Å²) in [7, 11) is -3.84. The van der Waals surface area contributed by atoms with Crippen LogP contribution in [0.3, 0.4) is 0 Å². The van der Waals surface area contributed by atoms with Crippen LogP contribution in [0.4, 0.5) is 11.5 Å². The molecule has 0 radical (unpaired) electrons. The fourth-order valence-corrected chi connectivity index (χ4v) is 4.08. The van der Waals surface area contributed by atoms with Gasteiger partial charge in [0.05, 0.1) is 4.90 Å². The van der Waals surface area contributed by atoms with Crippen molar-refractivity contribution in [1.29, 1.82) is 0 Å². The number of carbonyl (C=O) groups excluding carboxylic acids is 1. The van der Waals surface area contributed by atoms with Crippen LogP contribution in [-0.2, 0) is 10.0 Å². The van der Waals surface area contributed by atoms with Crippen molar-refractivity contribution in [1.82, 2.24) is 5.16 Å². The predicted molar refractivity (Wildman–Crippen MR) is 130 cm³/mol. The molecule has 0 bridgehead atoms. The van der Waals surface area contributed by atoms with Gasteiger partial charge in [0.2, 0.25) is 0 Å². The van der Waals surface area contributed by atoms with Crippen LogP contribution in [0.1, 0.15) is 16.1 Å². The summed E-state index contributed by atoms with van der Waals surface area (Å²) in [6.45, 7) is 2.34. The molecule has 3 aromatic carbocycles. The van der Waals surface area contributed by atoms with Crippen LogP contribution in [0.15, 0.2) is 94.3 Å². The number of ether oxygens (including phenoxy) is 2. The molecule has 0 atom stereocenters. The van der Waals surface area contributed by atoms with Gasteiger partial charge in [-0.2, -0.15) is 0 Å². The van der Waals surface area contributed by atoms with Gasteiger partial charge < -0.3 is 19.3 Å². The molecule has 2 N–H and O–H groups in total. The molecule has 0 aliphatic rings. The first-order valence-corrected chi connectivity index (χ1v) is 12.2. The Bertz CT molecular complexity index is 1390. The molecule has 0 spiro atoms. The molecule has 0 unspecified atom stereocenters. The van der Waals surface area contributed by atoms with Gasteiger partial charge in [-0.3, -0.25) is 9.52 Å². The minimum atomic E-state index is -3.84. The SMILES string of the molecule is Cc1cc(NS(=O)(=O)c2ccc(NC(=O)c3cccc(OCCOc4ccccc4)c3)cc2)no1. The van der Waals surface area contributed by atoms with E-state index in [1.807, 2.05) is 30.3 Å². The molecule has 1 amide bonds. The number of amides is 1. The third-order valence-corrected chi connectivity index (χ3v) is 6.12. The first kappa shape index (κ1) is 23.8. The van der Waals surface area contributed by atoms with Crippen molar-refractivity contribution in [2.24, 2.45) is 0 Å². The summed E-state index contributed by atoms with van der Waals surface area (Å²) in [4.78, 5) is 12.7. The molecule has 180 valence electrons. The number of rotatable bonds is 10. The molecule has 35 heavy (non-hydrogen) atoms. The van der Waals surface area contributed by atoms with E-state index in [1.54, 1.807) is 31.2 Å². The summed E-state index contributed by atoms with van der Waals surface area (Å²) in [6.07, 6.45) is 0. The van der Waals surface area contributed by atoms with Crippen molar-refractivity contribution in [2.45, 2.75) is 11.8 Å². The lowest BCUT2D eigenvalue weighted by molar-refractivity contribution is 0.102. The van der Waals surface area contributed by atoms with Gasteiger partial charge >= 0.3 is 0 Å². The van der Waals surface area contributed by atoms with Crippen LogP contribution in [0.5, 0.6) is 11.5 Å². The van der Waals surface area contributed by atoms with Gasteiger partial charge in [-0.05, 0) is 61.5 Å². The Labute approximate surface area is 202 Å². The van der Waals surface area contributed by atoms with Gasteiger partial charge in [0.1, 0.15) is 30.5 Å². The minimum absolute atomic E-state index is 0.0178.